The Morgan fingerprint density at radius 2 is 1.89 bits per heavy atom. The first-order valence-corrected chi connectivity index (χ1v) is 8.19. The SMILES string of the molecule is CC(C)[N+]1(C)CC[N+](C)(CCc2n[n+](C)cs2)CC1. The fourth-order valence-corrected chi connectivity index (χ4v) is 3.44. The minimum Gasteiger partial charge on any atom is -0.316 e. The molecule has 0 bridgehead atoms. The molecule has 19 heavy (non-hydrogen) atoms. The number of rotatable bonds is 4. The fraction of sp³-hybridized carbons (Fsp3) is 0.857. The Morgan fingerprint density at radius 1 is 1.26 bits per heavy atom. The summed E-state index contributed by atoms with van der Waals surface area (Å²) in [5.41, 5.74) is 2.08. The summed E-state index contributed by atoms with van der Waals surface area (Å²) in [4.78, 5) is 0. The number of hydrogen-bond acceptors (Lipinski definition) is 2. The van der Waals surface area contributed by atoms with Crippen LogP contribution in [0.3, 0.4) is 0 Å². The molecule has 0 unspecified atom stereocenters. The van der Waals surface area contributed by atoms with Crippen molar-refractivity contribution in [2.24, 2.45) is 7.05 Å². The highest BCUT2D eigenvalue weighted by Gasteiger charge is 2.38. The minimum absolute atomic E-state index is 0.742. The molecule has 0 aromatic carbocycles. The van der Waals surface area contributed by atoms with Crippen LogP contribution in [0.2, 0.25) is 0 Å². The third kappa shape index (κ3) is 3.52. The molecule has 0 radical (unpaired) electrons. The van der Waals surface area contributed by atoms with Gasteiger partial charge in [0.1, 0.15) is 26.2 Å². The van der Waals surface area contributed by atoms with Crippen molar-refractivity contribution >= 4 is 11.3 Å². The van der Waals surface area contributed by atoms with E-state index in [4.69, 9.17) is 0 Å². The molecule has 2 heterocycles. The zero-order chi connectivity index (χ0) is 14.1. The van der Waals surface area contributed by atoms with E-state index in [0.717, 1.165) is 12.5 Å². The molecule has 1 aliphatic rings. The highest BCUT2D eigenvalue weighted by atomic mass is 32.1. The van der Waals surface area contributed by atoms with E-state index in [-0.39, 0.29) is 0 Å². The fourth-order valence-electron chi connectivity index (χ4n) is 2.74. The van der Waals surface area contributed by atoms with Gasteiger partial charge in [-0.2, -0.15) is 0 Å². The Morgan fingerprint density at radius 3 is 2.37 bits per heavy atom. The molecule has 4 nitrogen and oxygen atoms in total. The van der Waals surface area contributed by atoms with Crippen LogP contribution in [-0.2, 0) is 13.5 Å². The summed E-state index contributed by atoms with van der Waals surface area (Å²) in [5, 5.41) is 5.78. The largest absolute Gasteiger partial charge is 0.316 e. The van der Waals surface area contributed by atoms with Gasteiger partial charge in [0.15, 0.2) is 12.1 Å². The molecule has 0 N–H and O–H groups in total. The van der Waals surface area contributed by atoms with E-state index in [1.165, 1.54) is 46.7 Å². The number of hydrogen-bond donors (Lipinski definition) is 0. The van der Waals surface area contributed by atoms with Crippen LogP contribution in [-0.4, -0.2) is 66.9 Å². The molecule has 0 aliphatic carbocycles. The molecule has 0 saturated carbocycles. The summed E-state index contributed by atoms with van der Waals surface area (Å²) in [6.07, 6.45) is 1.12. The molecular formula is C14H29N4S+3. The maximum Gasteiger partial charge on any atom is 0.252 e. The molecule has 1 aromatic heterocycles. The Balaban J connectivity index is 1.88. The van der Waals surface area contributed by atoms with Crippen molar-refractivity contribution in [3.05, 3.63) is 10.5 Å². The van der Waals surface area contributed by atoms with Crippen molar-refractivity contribution < 1.29 is 13.6 Å². The number of likely N-dealkylation sites (N-methyl/N-ethyl adjacent to an activating group) is 2. The first-order valence-electron chi connectivity index (χ1n) is 7.31. The van der Waals surface area contributed by atoms with Crippen molar-refractivity contribution in [3.8, 4) is 0 Å². The third-order valence-electron chi connectivity index (χ3n) is 5.02. The topological polar surface area (TPSA) is 16.8 Å². The van der Waals surface area contributed by atoms with E-state index in [1.807, 2.05) is 11.7 Å². The van der Waals surface area contributed by atoms with Crippen molar-refractivity contribution in [1.29, 1.82) is 0 Å². The standard InChI is InChI=1S/C14H29N4S/c1-13(2)18(5)10-8-17(4,9-11-18)7-6-14-15-16(3)12-19-14/h12-13H,6-11H2,1-5H3/q+3. The van der Waals surface area contributed by atoms with Crippen molar-refractivity contribution in [2.75, 3.05) is 46.8 Å². The molecule has 108 valence electrons. The minimum atomic E-state index is 0.742. The quantitative estimate of drug-likeness (QED) is 0.591. The van der Waals surface area contributed by atoms with Crippen LogP contribution in [0, 0.1) is 0 Å². The van der Waals surface area contributed by atoms with Gasteiger partial charge in [0.25, 0.3) is 5.51 Å². The van der Waals surface area contributed by atoms with E-state index in [0.29, 0.717) is 0 Å². The molecule has 2 rings (SSSR count). The maximum absolute atomic E-state index is 4.50. The van der Waals surface area contributed by atoms with E-state index in [1.54, 1.807) is 11.3 Å². The summed E-state index contributed by atoms with van der Waals surface area (Å²) in [6.45, 7) is 11.1. The van der Waals surface area contributed by atoms with Crippen LogP contribution in [0.1, 0.15) is 18.9 Å². The average Bonchev–Trinajstić information content (AvgIpc) is 2.77. The number of quaternary nitrogens is 2. The predicted octanol–water partition coefficient (Wildman–Crippen LogP) is 0.825. The highest BCUT2D eigenvalue weighted by Crippen LogP contribution is 2.19. The molecular weight excluding hydrogens is 256 g/mol. The van der Waals surface area contributed by atoms with Crippen LogP contribution in [0.15, 0.2) is 5.51 Å². The van der Waals surface area contributed by atoms with Gasteiger partial charge >= 0.3 is 0 Å². The van der Waals surface area contributed by atoms with Gasteiger partial charge in [0.05, 0.1) is 33.1 Å². The van der Waals surface area contributed by atoms with E-state index in [2.05, 4.69) is 38.6 Å². The maximum atomic E-state index is 4.50. The Labute approximate surface area is 121 Å². The molecule has 1 aliphatic heterocycles. The number of aromatic nitrogens is 2. The Kier molecular flexibility index (Phi) is 4.28. The number of aryl methyl sites for hydroxylation is 1. The van der Waals surface area contributed by atoms with Crippen LogP contribution in [0.4, 0.5) is 0 Å². The summed E-state index contributed by atoms with van der Waals surface area (Å²) in [5.74, 6) is 0. The first kappa shape index (κ1) is 14.9. The van der Waals surface area contributed by atoms with Gasteiger partial charge in [0, 0.05) is 5.10 Å². The van der Waals surface area contributed by atoms with Gasteiger partial charge in [-0.25, -0.2) is 0 Å². The van der Waals surface area contributed by atoms with Gasteiger partial charge in [0.2, 0.25) is 0 Å². The second-order valence-electron chi connectivity index (χ2n) is 6.85. The molecule has 5 heteroatoms. The van der Waals surface area contributed by atoms with E-state index in [9.17, 15) is 0 Å². The molecule has 0 amide bonds. The summed E-state index contributed by atoms with van der Waals surface area (Å²) < 4.78 is 4.37. The number of nitrogens with zero attached hydrogens (tertiary/aromatic N) is 4. The van der Waals surface area contributed by atoms with Gasteiger partial charge < -0.3 is 8.97 Å². The van der Waals surface area contributed by atoms with Gasteiger partial charge in [-0.1, -0.05) is 16.0 Å². The average molecular weight is 285 g/mol. The van der Waals surface area contributed by atoms with Crippen LogP contribution in [0.25, 0.3) is 0 Å². The Hall–Kier alpha value is -0.520. The normalized spacial score (nSPS) is 31.9. The van der Waals surface area contributed by atoms with Crippen LogP contribution in [0.5, 0.6) is 0 Å². The second-order valence-corrected chi connectivity index (χ2v) is 7.77. The monoisotopic (exact) mass is 285 g/mol. The van der Waals surface area contributed by atoms with Gasteiger partial charge in [-0.05, 0) is 13.8 Å². The highest BCUT2D eigenvalue weighted by molar-refractivity contribution is 7.08. The molecule has 0 atom stereocenters. The summed E-state index contributed by atoms with van der Waals surface area (Å²) in [7, 11) is 6.83. The Bertz CT molecular complexity index is 419. The lowest BCUT2D eigenvalue weighted by Gasteiger charge is -2.48. The van der Waals surface area contributed by atoms with Crippen molar-refractivity contribution in [1.82, 2.24) is 5.10 Å². The predicted molar refractivity (Wildman–Crippen MR) is 78.8 cm³/mol. The van der Waals surface area contributed by atoms with Crippen molar-refractivity contribution in [3.63, 3.8) is 0 Å². The lowest BCUT2D eigenvalue weighted by atomic mass is 10.1. The molecule has 0 spiro atoms. The summed E-state index contributed by atoms with van der Waals surface area (Å²) >= 11 is 1.78. The van der Waals surface area contributed by atoms with Gasteiger partial charge in [-0.15, -0.1) is 0 Å². The smallest absolute Gasteiger partial charge is 0.252 e. The third-order valence-corrected chi connectivity index (χ3v) is 5.99. The molecule has 1 aromatic rings. The molecule has 1 fully saturated rings. The zero-order valence-electron chi connectivity index (χ0n) is 13.1. The lowest BCUT2D eigenvalue weighted by Crippen LogP contribution is -2.66. The van der Waals surface area contributed by atoms with E-state index < -0.39 is 0 Å². The first-order chi connectivity index (χ1) is 8.83. The van der Waals surface area contributed by atoms with Gasteiger partial charge in [-0.3, -0.25) is 0 Å². The lowest BCUT2D eigenvalue weighted by molar-refractivity contribution is -1.02. The summed E-state index contributed by atoms with van der Waals surface area (Å²) in [6, 6.07) is 0.742. The van der Waals surface area contributed by atoms with Crippen LogP contribution >= 0.6 is 11.3 Å². The second kappa shape index (κ2) is 5.46. The van der Waals surface area contributed by atoms with Crippen LogP contribution < -0.4 is 4.68 Å². The van der Waals surface area contributed by atoms with Crippen molar-refractivity contribution in [2.45, 2.75) is 26.3 Å². The number of piperazine rings is 1. The molecule has 1 saturated heterocycles. The zero-order valence-corrected chi connectivity index (χ0v) is 13.9. The van der Waals surface area contributed by atoms with E-state index >= 15 is 0 Å².